The number of nitrogens with zero attached hydrogens (tertiary/aromatic N) is 2. The van der Waals surface area contributed by atoms with E-state index in [0.29, 0.717) is 19.7 Å². The van der Waals surface area contributed by atoms with Crippen molar-refractivity contribution in [2.45, 2.75) is 24.2 Å². The number of carbonyl (C=O) groups excluding carboxylic acids is 1. The molecule has 2 fully saturated rings. The summed E-state index contributed by atoms with van der Waals surface area (Å²) in [5, 5.41) is 8.83. The molecule has 2 aliphatic heterocycles. The lowest BCUT2D eigenvalue weighted by Crippen LogP contribution is -2.52. The molecule has 8 nitrogen and oxygen atoms in total. The summed E-state index contributed by atoms with van der Waals surface area (Å²) in [4.78, 5) is 25.0. The molecule has 2 heterocycles. The van der Waals surface area contributed by atoms with Crippen LogP contribution in [0.1, 0.15) is 12.8 Å². The number of carbonyl (C=O) groups is 2. The van der Waals surface area contributed by atoms with Crippen molar-refractivity contribution < 1.29 is 27.9 Å². The highest BCUT2D eigenvalue weighted by atomic mass is 32.2. The van der Waals surface area contributed by atoms with Gasteiger partial charge in [0.15, 0.2) is 0 Å². The van der Waals surface area contributed by atoms with Gasteiger partial charge in [-0.25, -0.2) is 8.42 Å². The Kier molecular flexibility index (Phi) is 6.29. The maximum absolute atomic E-state index is 12.4. The number of hydrogen-bond acceptors (Lipinski definition) is 6. The number of carboxylic acids is 1. The second-order valence-electron chi connectivity index (χ2n) is 5.73. The molecule has 2 atom stereocenters. The van der Waals surface area contributed by atoms with E-state index in [9.17, 15) is 18.0 Å². The lowest BCUT2D eigenvalue weighted by atomic mass is 10.2. The Hall–Kier alpha value is -0.840. The highest BCUT2D eigenvalue weighted by Crippen LogP contribution is 2.28. The zero-order chi connectivity index (χ0) is 17.0. The highest BCUT2D eigenvalue weighted by molar-refractivity contribution is 8.00. The summed E-state index contributed by atoms with van der Waals surface area (Å²) >= 11 is 1.66. The molecule has 10 heteroatoms. The van der Waals surface area contributed by atoms with Crippen molar-refractivity contribution in [2.75, 3.05) is 44.8 Å². The van der Waals surface area contributed by atoms with Crippen LogP contribution >= 0.6 is 11.8 Å². The summed E-state index contributed by atoms with van der Waals surface area (Å²) in [7, 11) is -3.65. The van der Waals surface area contributed by atoms with Crippen LogP contribution in [0, 0.1) is 0 Å². The molecule has 0 radical (unpaired) electrons. The fourth-order valence-electron chi connectivity index (χ4n) is 2.70. The lowest BCUT2D eigenvalue weighted by Gasteiger charge is -2.35. The number of amides is 1. The van der Waals surface area contributed by atoms with Gasteiger partial charge in [0, 0.05) is 19.6 Å². The normalized spacial score (nSPS) is 25.7. The summed E-state index contributed by atoms with van der Waals surface area (Å²) < 4.78 is 29.8. The number of rotatable bonds is 6. The first kappa shape index (κ1) is 18.5. The molecule has 2 aliphatic rings. The van der Waals surface area contributed by atoms with Gasteiger partial charge in [-0.15, -0.1) is 11.8 Å². The number of thioether (sulfide) groups is 1. The second-order valence-corrected chi connectivity index (χ2v) is 9.02. The van der Waals surface area contributed by atoms with Crippen LogP contribution in [0.15, 0.2) is 0 Å². The Labute approximate surface area is 140 Å². The zero-order valence-electron chi connectivity index (χ0n) is 13.0. The van der Waals surface area contributed by atoms with Crippen molar-refractivity contribution in [2.24, 2.45) is 0 Å². The molecule has 132 valence electrons. The maximum Gasteiger partial charge on any atom is 0.318 e. The van der Waals surface area contributed by atoms with Crippen molar-refractivity contribution in [1.82, 2.24) is 9.21 Å². The predicted octanol–water partition coefficient (Wildman–Crippen LogP) is -0.544. The Morgan fingerprint density at radius 3 is 2.74 bits per heavy atom. The number of carboxylic acid groups (broad SMARTS) is 1. The average Bonchev–Trinajstić information content (AvgIpc) is 2.99. The van der Waals surface area contributed by atoms with Gasteiger partial charge in [-0.2, -0.15) is 4.31 Å². The summed E-state index contributed by atoms with van der Waals surface area (Å²) in [6.07, 6.45) is 2.37. The van der Waals surface area contributed by atoms with Crippen molar-refractivity contribution >= 4 is 33.7 Å². The molecular formula is C13H22N2O6S2. The summed E-state index contributed by atoms with van der Waals surface area (Å²) in [5.41, 5.74) is 0. The Morgan fingerprint density at radius 2 is 2.17 bits per heavy atom. The van der Waals surface area contributed by atoms with Crippen molar-refractivity contribution in [3.8, 4) is 0 Å². The monoisotopic (exact) mass is 366 g/mol. The third-order valence-electron chi connectivity index (χ3n) is 3.84. The number of morpholine rings is 1. The zero-order valence-corrected chi connectivity index (χ0v) is 14.6. The van der Waals surface area contributed by atoms with E-state index < -0.39 is 28.6 Å². The largest absolute Gasteiger partial charge is 0.480 e. The third-order valence-corrected chi connectivity index (χ3v) is 6.42. The molecular weight excluding hydrogens is 344 g/mol. The molecule has 0 aromatic rings. The topological polar surface area (TPSA) is 104 Å². The number of hydrogen-bond donors (Lipinski definition) is 1. The van der Waals surface area contributed by atoms with Gasteiger partial charge in [0.1, 0.15) is 6.54 Å². The molecule has 0 spiro atoms. The number of ether oxygens (including phenoxy) is 1. The van der Waals surface area contributed by atoms with E-state index in [1.54, 1.807) is 16.7 Å². The highest BCUT2D eigenvalue weighted by Gasteiger charge is 2.33. The van der Waals surface area contributed by atoms with Crippen LogP contribution in [0.4, 0.5) is 0 Å². The van der Waals surface area contributed by atoms with Gasteiger partial charge in [-0.1, -0.05) is 0 Å². The molecule has 1 N–H and O–H groups in total. The van der Waals surface area contributed by atoms with E-state index in [1.165, 1.54) is 0 Å². The predicted molar refractivity (Wildman–Crippen MR) is 85.9 cm³/mol. The molecule has 0 aromatic heterocycles. The Balaban J connectivity index is 1.96. The lowest BCUT2D eigenvalue weighted by molar-refractivity contribution is -0.141. The van der Waals surface area contributed by atoms with Crippen LogP contribution in [0.5, 0.6) is 0 Å². The van der Waals surface area contributed by atoms with Gasteiger partial charge in [0.25, 0.3) is 0 Å². The van der Waals surface area contributed by atoms with Crippen molar-refractivity contribution in [3.63, 3.8) is 0 Å². The SMILES string of the molecule is CS(=O)(=O)N(CC(=O)O)CC1CN(C(=O)C2CCCS2)CCO1. The molecule has 23 heavy (non-hydrogen) atoms. The summed E-state index contributed by atoms with van der Waals surface area (Å²) in [5.74, 6) is -0.156. The maximum atomic E-state index is 12.4. The van der Waals surface area contributed by atoms with E-state index in [-0.39, 0.29) is 17.7 Å². The fraction of sp³-hybridized carbons (Fsp3) is 0.846. The van der Waals surface area contributed by atoms with Crippen LogP contribution in [-0.4, -0.2) is 90.8 Å². The van der Waals surface area contributed by atoms with Crippen LogP contribution in [0.3, 0.4) is 0 Å². The first-order valence-corrected chi connectivity index (χ1v) is 10.4. The van der Waals surface area contributed by atoms with E-state index in [2.05, 4.69) is 0 Å². The smallest absolute Gasteiger partial charge is 0.318 e. The van der Waals surface area contributed by atoms with Gasteiger partial charge in [-0.05, 0) is 18.6 Å². The number of aliphatic carboxylic acids is 1. The van der Waals surface area contributed by atoms with Crippen molar-refractivity contribution in [1.29, 1.82) is 0 Å². The Bertz CT molecular complexity index is 547. The first-order chi connectivity index (χ1) is 10.8. The summed E-state index contributed by atoms with van der Waals surface area (Å²) in [6, 6.07) is 0. The van der Waals surface area contributed by atoms with Crippen molar-refractivity contribution in [3.05, 3.63) is 0 Å². The van der Waals surface area contributed by atoms with Gasteiger partial charge in [0.2, 0.25) is 15.9 Å². The molecule has 2 unspecified atom stereocenters. The van der Waals surface area contributed by atoms with Crippen LogP contribution in [0.2, 0.25) is 0 Å². The van der Waals surface area contributed by atoms with Crippen LogP contribution < -0.4 is 0 Å². The van der Waals surface area contributed by atoms with Crippen LogP contribution in [0.25, 0.3) is 0 Å². The molecule has 0 bridgehead atoms. The summed E-state index contributed by atoms with van der Waals surface area (Å²) in [6.45, 7) is 0.446. The minimum atomic E-state index is -3.65. The molecule has 2 saturated heterocycles. The van der Waals surface area contributed by atoms with Crippen LogP contribution in [-0.2, 0) is 24.3 Å². The molecule has 0 saturated carbocycles. The Morgan fingerprint density at radius 1 is 1.43 bits per heavy atom. The van der Waals surface area contributed by atoms with E-state index in [1.807, 2.05) is 0 Å². The average molecular weight is 366 g/mol. The number of sulfonamides is 1. The fourth-order valence-corrected chi connectivity index (χ4v) is 4.73. The van der Waals surface area contributed by atoms with E-state index >= 15 is 0 Å². The molecule has 0 aliphatic carbocycles. The van der Waals surface area contributed by atoms with Gasteiger partial charge in [-0.3, -0.25) is 9.59 Å². The second kappa shape index (κ2) is 7.82. The molecule has 2 rings (SSSR count). The van der Waals surface area contributed by atoms with Gasteiger partial charge >= 0.3 is 5.97 Å². The van der Waals surface area contributed by atoms with E-state index in [4.69, 9.17) is 9.84 Å². The minimum Gasteiger partial charge on any atom is -0.480 e. The van der Waals surface area contributed by atoms with Gasteiger partial charge in [0.05, 0.1) is 24.2 Å². The minimum absolute atomic E-state index is 0.0150. The standard InChI is InChI=1S/C13H22N2O6S2/c1-23(19,20)15(9-12(16)17)8-10-7-14(4-5-21-10)13(18)11-3-2-6-22-11/h10-11H,2-9H2,1H3,(H,16,17). The third kappa shape index (κ3) is 5.33. The molecule has 0 aromatic carbocycles. The first-order valence-electron chi connectivity index (χ1n) is 7.46. The molecule has 1 amide bonds. The van der Waals surface area contributed by atoms with E-state index in [0.717, 1.165) is 29.2 Å². The van der Waals surface area contributed by atoms with Gasteiger partial charge < -0.3 is 14.7 Å². The quantitative estimate of drug-likeness (QED) is 0.673.